The number of benzene rings is 1. The van der Waals surface area contributed by atoms with Crippen LogP contribution in [0.5, 0.6) is 0 Å². The number of nitrogens with zero attached hydrogens (tertiary/aromatic N) is 4. The molecule has 0 fully saturated rings. The summed E-state index contributed by atoms with van der Waals surface area (Å²) in [6.45, 7) is 0. The molecule has 102 valence electrons. The molecule has 0 saturated heterocycles. The molecule has 2 aromatic heterocycles. The molecule has 0 amide bonds. The van der Waals surface area contributed by atoms with E-state index in [1.807, 2.05) is 43.2 Å². The Morgan fingerprint density at radius 3 is 2.80 bits per heavy atom. The summed E-state index contributed by atoms with van der Waals surface area (Å²) in [5.41, 5.74) is 4.09. The number of nitrogens with one attached hydrogen (secondary N) is 1. The number of aromatic nitrogens is 4. The van der Waals surface area contributed by atoms with Gasteiger partial charge in [-0.25, -0.2) is 0 Å². The van der Waals surface area contributed by atoms with Crippen LogP contribution in [0.2, 0.25) is 0 Å². The Labute approximate surface area is 117 Å². The van der Waals surface area contributed by atoms with E-state index in [4.69, 9.17) is 0 Å². The van der Waals surface area contributed by atoms with Gasteiger partial charge < -0.3 is 5.32 Å². The van der Waals surface area contributed by atoms with Gasteiger partial charge in [-0.15, -0.1) is 0 Å². The van der Waals surface area contributed by atoms with Gasteiger partial charge in [0.05, 0.1) is 16.7 Å². The molecule has 0 aliphatic carbocycles. The maximum absolute atomic E-state index is 4.47. The van der Waals surface area contributed by atoms with E-state index in [0.29, 0.717) is 0 Å². The van der Waals surface area contributed by atoms with E-state index in [2.05, 4.69) is 26.4 Å². The predicted octanol–water partition coefficient (Wildman–Crippen LogP) is 1.87. The summed E-state index contributed by atoms with van der Waals surface area (Å²) < 4.78 is 1.82. The minimum absolute atomic E-state index is 0.172. The van der Waals surface area contributed by atoms with Gasteiger partial charge in [0, 0.05) is 38.1 Å². The molecule has 0 aliphatic rings. The molecule has 5 heteroatoms. The van der Waals surface area contributed by atoms with Crippen molar-refractivity contribution in [1.29, 1.82) is 0 Å². The second kappa shape index (κ2) is 5.38. The van der Waals surface area contributed by atoms with Crippen LogP contribution in [-0.2, 0) is 13.5 Å². The van der Waals surface area contributed by atoms with E-state index in [1.165, 1.54) is 0 Å². The molecule has 0 saturated carbocycles. The van der Waals surface area contributed by atoms with Crippen LogP contribution in [0.3, 0.4) is 0 Å². The maximum Gasteiger partial charge on any atom is 0.0934 e. The summed E-state index contributed by atoms with van der Waals surface area (Å²) in [6, 6.07) is 8.32. The number of hydrogen-bond acceptors (Lipinski definition) is 4. The summed E-state index contributed by atoms with van der Waals surface area (Å²) in [5.74, 6) is 0. The molecule has 0 radical (unpaired) electrons. The first-order chi connectivity index (χ1) is 9.78. The highest BCUT2D eigenvalue weighted by atomic mass is 15.2. The molecule has 3 aromatic rings. The van der Waals surface area contributed by atoms with Crippen molar-refractivity contribution in [3.8, 4) is 0 Å². The SMILES string of the molecule is CNC(Cc1ccn(C)n1)c1cccc2nccnc12. The van der Waals surface area contributed by atoms with Gasteiger partial charge in [-0.05, 0) is 24.7 Å². The number of fused-ring (bicyclic) bond motifs is 1. The van der Waals surface area contributed by atoms with E-state index < -0.39 is 0 Å². The van der Waals surface area contributed by atoms with Crippen LogP contribution in [0.25, 0.3) is 11.0 Å². The first-order valence-electron chi connectivity index (χ1n) is 6.63. The second-order valence-electron chi connectivity index (χ2n) is 4.80. The third-order valence-corrected chi connectivity index (χ3v) is 3.44. The van der Waals surface area contributed by atoms with E-state index in [-0.39, 0.29) is 6.04 Å². The summed E-state index contributed by atoms with van der Waals surface area (Å²) in [6.07, 6.45) is 6.25. The predicted molar refractivity (Wildman–Crippen MR) is 78.3 cm³/mol. The fourth-order valence-electron chi connectivity index (χ4n) is 2.44. The summed E-state index contributed by atoms with van der Waals surface area (Å²) in [7, 11) is 3.89. The van der Waals surface area contributed by atoms with Gasteiger partial charge >= 0.3 is 0 Å². The average Bonchev–Trinajstić information content (AvgIpc) is 2.89. The number of aryl methyl sites for hydroxylation is 1. The van der Waals surface area contributed by atoms with Crippen LogP contribution in [-0.4, -0.2) is 26.8 Å². The third kappa shape index (κ3) is 2.40. The minimum Gasteiger partial charge on any atom is -0.313 e. The molecule has 5 nitrogen and oxygen atoms in total. The first-order valence-corrected chi connectivity index (χ1v) is 6.63. The number of para-hydroxylation sites is 1. The van der Waals surface area contributed by atoms with Crippen LogP contribution >= 0.6 is 0 Å². The Morgan fingerprint density at radius 1 is 1.20 bits per heavy atom. The molecule has 0 spiro atoms. The molecule has 1 N–H and O–H groups in total. The molecule has 20 heavy (non-hydrogen) atoms. The number of hydrogen-bond donors (Lipinski definition) is 1. The summed E-state index contributed by atoms with van der Waals surface area (Å²) in [4.78, 5) is 8.83. The van der Waals surface area contributed by atoms with Crippen LogP contribution in [0, 0.1) is 0 Å². The minimum atomic E-state index is 0.172. The molecule has 1 aromatic carbocycles. The van der Waals surface area contributed by atoms with Crippen molar-refractivity contribution in [2.75, 3.05) is 7.05 Å². The van der Waals surface area contributed by atoms with E-state index in [9.17, 15) is 0 Å². The third-order valence-electron chi connectivity index (χ3n) is 3.44. The monoisotopic (exact) mass is 267 g/mol. The molecule has 2 heterocycles. The Morgan fingerprint density at radius 2 is 2.05 bits per heavy atom. The van der Waals surface area contributed by atoms with Crippen molar-refractivity contribution in [2.24, 2.45) is 7.05 Å². The number of rotatable bonds is 4. The van der Waals surface area contributed by atoms with Crippen molar-refractivity contribution >= 4 is 11.0 Å². The van der Waals surface area contributed by atoms with Crippen molar-refractivity contribution in [3.63, 3.8) is 0 Å². The van der Waals surface area contributed by atoms with E-state index >= 15 is 0 Å². The Hall–Kier alpha value is -2.27. The van der Waals surface area contributed by atoms with Gasteiger partial charge in [0.2, 0.25) is 0 Å². The molecular formula is C15H17N5. The van der Waals surface area contributed by atoms with Crippen molar-refractivity contribution in [3.05, 3.63) is 54.1 Å². The zero-order valence-corrected chi connectivity index (χ0v) is 11.6. The van der Waals surface area contributed by atoms with Gasteiger partial charge in [-0.2, -0.15) is 5.10 Å². The molecule has 0 aliphatic heterocycles. The van der Waals surface area contributed by atoms with Gasteiger partial charge in [-0.1, -0.05) is 12.1 Å². The van der Waals surface area contributed by atoms with E-state index in [1.54, 1.807) is 12.4 Å². The fourth-order valence-corrected chi connectivity index (χ4v) is 2.44. The Bertz CT molecular complexity index is 714. The fraction of sp³-hybridized carbons (Fsp3) is 0.267. The lowest BCUT2D eigenvalue weighted by Gasteiger charge is -2.16. The van der Waals surface area contributed by atoms with Crippen molar-refractivity contribution in [1.82, 2.24) is 25.1 Å². The molecule has 0 bridgehead atoms. The highest BCUT2D eigenvalue weighted by molar-refractivity contribution is 5.78. The summed E-state index contributed by atoms with van der Waals surface area (Å²) in [5, 5.41) is 7.80. The largest absolute Gasteiger partial charge is 0.313 e. The van der Waals surface area contributed by atoms with Crippen molar-refractivity contribution in [2.45, 2.75) is 12.5 Å². The lowest BCUT2D eigenvalue weighted by atomic mass is 10.0. The maximum atomic E-state index is 4.47. The second-order valence-corrected chi connectivity index (χ2v) is 4.80. The molecule has 1 atom stereocenters. The Balaban J connectivity index is 1.98. The number of likely N-dealkylation sites (N-methyl/N-ethyl adjacent to an activating group) is 1. The molecular weight excluding hydrogens is 250 g/mol. The van der Waals surface area contributed by atoms with Crippen LogP contribution in [0.1, 0.15) is 17.3 Å². The first kappa shape index (κ1) is 12.7. The van der Waals surface area contributed by atoms with Crippen LogP contribution < -0.4 is 5.32 Å². The van der Waals surface area contributed by atoms with Crippen LogP contribution in [0.4, 0.5) is 0 Å². The lowest BCUT2D eigenvalue weighted by Crippen LogP contribution is -2.19. The van der Waals surface area contributed by atoms with E-state index in [0.717, 1.165) is 28.7 Å². The zero-order chi connectivity index (χ0) is 13.9. The quantitative estimate of drug-likeness (QED) is 0.784. The van der Waals surface area contributed by atoms with Gasteiger partial charge in [0.15, 0.2) is 0 Å². The average molecular weight is 267 g/mol. The van der Waals surface area contributed by atoms with Crippen LogP contribution in [0.15, 0.2) is 42.9 Å². The lowest BCUT2D eigenvalue weighted by molar-refractivity contribution is 0.580. The zero-order valence-electron chi connectivity index (χ0n) is 11.6. The molecule has 3 rings (SSSR count). The van der Waals surface area contributed by atoms with Crippen molar-refractivity contribution < 1.29 is 0 Å². The molecule has 1 unspecified atom stereocenters. The standard InChI is InChI=1S/C15H17N5/c1-16-14(10-11-6-9-20(2)19-11)12-4-3-5-13-15(12)18-8-7-17-13/h3-9,14,16H,10H2,1-2H3. The highest BCUT2D eigenvalue weighted by Gasteiger charge is 2.15. The normalized spacial score (nSPS) is 12.7. The van der Waals surface area contributed by atoms with Gasteiger partial charge in [0.1, 0.15) is 0 Å². The van der Waals surface area contributed by atoms with Gasteiger partial charge in [0.25, 0.3) is 0 Å². The smallest absolute Gasteiger partial charge is 0.0934 e. The van der Waals surface area contributed by atoms with Gasteiger partial charge in [-0.3, -0.25) is 14.6 Å². The Kier molecular flexibility index (Phi) is 3.43. The topological polar surface area (TPSA) is 55.6 Å². The highest BCUT2D eigenvalue weighted by Crippen LogP contribution is 2.23. The summed E-state index contributed by atoms with van der Waals surface area (Å²) >= 11 is 0.